The van der Waals surface area contributed by atoms with Gasteiger partial charge in [0.2, 0.25) is 0 Å². The average molecular weight is 240 g/mol. The quantitative estimate of drug-likeness (QED) is 0.876. The van der Waals surface area contributed by atoms with Crippen LogP contribution in [0.4, 0.5) is 0 Å². The van der Waals surface area contributed by atoms with Crippen LogP contribution >= 0.6 is 11.3 Å². The maximum absolute atomic E-state index is 11.1. The summed E-state index contributed by atoms with van der Waals surface area (Å²) in [7, 11) is 0. The second-order valence-corrected chi connectivity index (χ2v) is 5.24. The number of carboxylic acid groups (broad SMARTS) is 1. The highest BCUT2D eigenvalue weighted by molar-refractivity contribution is 7.09. The van der Waals surface area contributed by atoms with Gasteiger partial charge in [0, 0.05) is 11.9 Å². The molecule has 0 amide bonds. The lowest BCUT2D eigenvalue weighted by atomic mass is 10.0. The van der Waals surface area contributed by atoms with Crippen LogP contribution in [0.25, 0.3) is 0 Å². The summed E-state index contributed by atoms with van der Waals surface area (Å²) < 4.78 is 0. The Morgan fingerprint density at radius 3 is 3.12 bits per heavy atom. The number of carbonyl (C=O) groups is 1. The Balaban J connectivity index is 2.03. The molecule has 0 saturated carbocycles. The zero-order valence-corrected chi connectivity index (χ0v) is 10.2. The lowest BCUT2D eigenvalue weighted by Gasteiger charge is -2.32. The molecule has 1 unspecified atom stereocenters. The largest absolute Gasteiger partial charge is 0.480 e. The molecule has 0 aromatic carbocycles. The van der Waals surface area contributed by atoms with E-state index < -0.39 is 5.97 Å². The zero-order valence-electron chi connectivity index (χ0n) is 9.35. The molecule has 0 spiro atoms. The van der Waals surface area contributed by atoms with Gasteiger partial charge in [0.1, 0.15) is 6.04 Å². The number of likely N-dealkylation sites (tertiary alicyclic amines) is 1. The van der Waals surface area contributed by atoms with Crippen molar-refractivity contribution in [3.8, 4) is 0 Å². The summed E-state index contributed by atoms with van der Waals surface area (Å²) in [6.07, 6.45) is 2.87. The summed E-state index contributed by atoms with van der Waals surface area (Å²) in [5.41, 5.74) is 0.996. The van der Waals surface area contributed by atoms with Gasteiger partial charge in [0.05, 0.1) is 10.7 Å². The van der Waals surface area contributed by atoms with Crippen LogP contribution in [0.2, 0.25) is 0 Å². The van der Waals surface area contributed by atoms with Crippen molar-refractivity contribution in [1.82, 2.24) is 9.88 Å². The Kier molecular flexibility index (Phi) is 3.56. The third-order valence-corrected chi connectivity index (χ3v) is 3.75. The number of hydrogen-bond acceptors (Lipinski definition) is 4. The van der Waals surface area contributed by atoms with Gasteiger partial charge in [-0.2, -0.15) is 0 Å². The van der Waals surface area contributed by atoms with E-state index in [1.54, 1.807) is 11.3 Å². The summed E-state index contributed by atoms with van der Waals surface area (Å²) in [5, 5.41) is 12.2. The molecule has 0 radical (unpaired) electrons. The van der Waals surface area contributed by atoms with Crippen molar-refractivity contribution in [2.24, 2.45) is 0 Å². The minimum absolute atomic E-state index is 0.323. The van der Waals surface area contributed by atoms with Crippen LogP contribution in [0.15, 0.2) is 5.38 Å². The van der Waals surface area contributed by atoms with Crippen LogP contribution in [0.5, 0.6) is 0 Å². The number of aryl methyl sites for hydroxylation is 1. The Labute approximate surface area is 98.9 Å². The maximum atomic E-state index is 11.1. The fraction of sp³-hybridized carbons (Fsp3) is 0.636. The number of hydrogen-bond donors (Lipinski definition) is 1. The van der Waals surface area contributed by atoms with E-state index in [-0.39, 0.29) is 6.04 Å². The molecule has 2 rings (SSSR count). The highest BCUT2D eigenvalue weighted by Gasteiger charge is 2.28. The minimum Gasteiger partial charge on any atom is -0.480 e. The molecule has 1 atom stereocenters. The molecule has 0 aliphatic carbocycles. The maximum Gasteiger partial charge on any atom is 0.320 e. The van der Waals surface area contributed by atoms with E-state index in [0.717, 1.165) is 36.5 Å². The molecule has 88 valence electrons. The number of rotatable bonds is 3. The lowest BCUT2D eigenvalue weighted by molar-refractivity contribution is -0.144. The number of aliphatic carboxylic acids is 1. The third-order valence-electron chi connectivity index (χ3n) is 2.93. The smallest absolute Gasteiger partial charge is 0.320 e. The van der Waals surface area contributed by atoms with Crippen molar-refractivity contribution in [3.63, 3.8) is 0 Å². The van der Waals surface area contributed by atoms with E-state index in [4.69, 9.17) is 5.11 Å². The van der Waals surface area contributed by atoms with Crippen LogP contribution in [0.3, 0.4) is 0 Å². The summed E-state index contributed by atoms with van der Waals surface area (Å²) in [4.78, 5) is 17.5. The molecule has 1 aliphatic rings. The molecule has 1 fully saturated rings. The fourth-order valence-corrected chi connectivity index (χ4v) is 2.75. The molecule has 1 aliphatic heterocycles. The third kappa shape index (κ3) is 2.59. The van der Waals surface area contributed by atoms with Gasteiger partial charge in [0.15, 0.2) is 0 Å². The molecule has 1 aromatic rings. The van der Waals surface area contributed by atoms with Gasteiger partial charge in [-0.05, 0) is 26.3 Å². The van der Waals surface area contributed by atoms with Crippen molar-refractivity contribution < 1.29 is 9.90 Å². The second-order valence-electron chi connectivity index (χ2n) is 4.18. The summed E-state index contributed by atoms with van der Waals surface area (Å²) in [5.74, 6) is -0.702. The highest BCUT2D eigenvalue weighted by atomic mass is 32.1. The van der Waals surface area contributed by atoms with Crippen molar-refractivity contribution in [2.75, 3.05) is 6.54 Å². The van der Waals surface area contributed by atoms with Crippen molar-refractivity contribution in [1.29, 1.82) is 0 Å². The first-order chi connectivity index (χ1) is 7.66. The Bertz CT molecular complexity index is 378. The van der Waals surface area contributed by atoms with Gasteiger partial charge in [-0.25, -0.2) is 4.98 Å². The van der Waals surface area contributed by atoms with Gasteiger partial charge >= 0.3 is 5.97 Å². The van der Waals surface area contributed by atoms with Crippen LogP contribution in [0, 0.1) is 6.92 Å². The molecular formula is C11H16N2O2S. The van der Waals surface area contributed by atoms with Crippen LogP contribution < -0.4 is 0 Å². The van der Waals surface area contributed by atoms with Gasteiger partial charge in [-0.3, -0.25) is 9.69 Å². The molecule has 16 heavy (non-hydrogen) atoms. The first kappa shape index (κ1) is 11.5. The number of piperidine rings is 1. The number of carboxylic acids is 1. The van der Waals surface area contributed by atoms with Gasteiger partial charge in [0.25, 0.3) is 0 Å². The molecule has 0 bridgehead atoms. The van der Waals surface area contributed by atoms with Crippen molar-refractivity contribution in [3.05, 3.63) is 16.1 Å². The lowest BCUT2D eigenvalue weighted by Crippen LogP contribution is -2.44. The SMILES string of the molecule is Cc1nc(CN2CCCCC2C(=O)O)cs1. The fourth-order valence-electron chi connectivity index (χ4n) is 2.15. The highest BCUT2D eigenvalue weighted by Crippen LogP contribution is 2.20. The van der Waals surface area contributed by atoms with Gasteiger partial charge in [-0.1, -0.05) is 6.42 Å². The number of aromatic nitrogens is 1. The van der Waals surface area contributed by atoms with E-state index in [1.807, 2.05) is 17.2 Å². The van der Waals surface area contributed by atoms with E-state index in [2.05, 4.69) is 4.98 Å². The second kappa shape index (κ2) is 4.93. The Morgan fingerprint density at radius 1 is 1.69 bits per heavy atom. The van der Waals surface area contributed by atoms with Crippen molar-refractivity contribution in [2.45, 2.75) is 38.8 Å². The predicted octanol–water partition coefficient (Wildman–Crippen LogP) is 1.89. The van der Waals surface area contributed by atoms with E-state index in [9.17, 15) is 4.79 Å². The number of nitrogens with zero attached hydrogens (tertiary/aromatic N) is 2. The summed E-state index contributed by atoms with van der Waals surface area (Å²) in [6.45, 7) is 3.51. The summed E-state index contributed by atoms with van der Waals surface area (Å²) >= 11 is 1.62. The van der Waals surface area contributed by atoms with E-state index in [0.29, 0.717) is 6.54 Å². The number of thiazole rings is 1. The minimum atomic E-state index is -0.702. The average Bonchev–Trinajstić information content (AvgIpc) is 2.64. The van der Waals surface area contributed by atoms with Crippen LogP contribution in [-0.4, -0.2) is 33.5 Å². The first-order valence-corrected chi connectivity index (χ1v) is 6.42. The summed E-state index contributed by atoms with van der Waals surface area (Å²) in [6, 6.07) is -0.323. The topological polar surface area (TPSA) is 53.4 Å². The van der Waals surface area contributed by atoms with Crippen LogP contribution in [0.1, 0.15) is 30.0 Å². The molecular weight excluding hydrogens is 224 g/mol. The van der Waals surface area contributed by atoms with E-state index >= 15 is 0 Å². The standard InChI is InChI=1S/C11H16N2O2S/c1-8-12-9(7-16-8)6-13-5-3-2-4-10(13)11(14)15/h7,10H,2-6H2,1H3,(H,14,15). The van der Waals surface area contributed by atoms with Crippen molar-refractivity contribution >= 4 is 17.3 Å². The first-order valence-electron chi connectivity index (χ1n) is 5.54. The van der Waals surface area contributed by atoms with Gasteiger partial charge in [-0.15, -0.1) is 11.3 Å². The Morgan fingerprint density at radius 2 is 2.50 bits per heavy atom. The zero-order chi connectivity index (χ0) is 11.5. The molecule has 2 heterocycles. The molecule has 5 heteroatoms. The van der Waals surface area contributed by atoms with Gasteiger partial charge < -0.3 is 5.11 Å². The molecule has 1 saturated heterocycles. The van der Waals surface area contributed by atoms with Crippen LogP contribution in [-0.2, 0) is 11.3 Å². The normalized spacial score (nSPS) is 22.2. The predicted molar refractivity (Wildman–Crippen MR) is 62.5 cm³/mol. The monoisotopic (exact) mass is 240 g/mol. The molecule has 4 nitrogen and oxygen atoms in total. The molecule has 1 aromatic heterocycles. The molecule has 1 N–H and O–H groups in total. The Hall–Kier alpha value is -0.940. The van der Waals surface area contributed by atoms with E-state index in [1.165, 1.54) is 0 Å².